The highest BCUT2D eigenvalue weighted by molar-refractivity contribution is 5.99. The molecule has 0 bridgehead atoms. The van der Waals surface area contributed by atoms with Crippen LogP contribution in [-0.4, -0.2) is 127 Å². The molecule has 0 unspecified atom stereocenters. The second-order valence-corrected chi connectivity index (χ2v) is 24.2. The molecule has 1 amide bonds. The minimum atomic E-state index is -1.09. The van der Waals surface area contributed by atoms with Crippen molar-refractivity contribution in [2.75, 3.05) is 68.7 Å². The third-order valence-corrected chi connectivity index (χ3v) is 18.3. The van der Waals surface area contributed by atoms with Gasteiger partial charge in [-0.05, 0) is 181 Å². The summed E-state index contributed by atoms with van der Waals surface area (Å²) in [5.74, 6) is -2.56. The number of nitrogens with zero attached hydrogens (tertiary/aromatic N) is 10. The van der Waals surface area contributed by atoms with Gasteiger partial charge in [-0.25, -0.2) is 32.3 Å². The van der Waals surface area contributed by atoms with E-state index in [1.165, 1.54) is 68.1 Å². The first-order chi connectivity index (χ1) is 42.5. The summed E-state index contributed by atoms with van der Waals surface area (Å²) < 4.78 is 62.5. The SMILES string of the molecule is CCCCNC(=O)c1ccc(C)c(-c2nc(N3CCC(N4CCC(C)CC4)CC3)nc3c2ccc(=O)n3-c2c(F)cccc2F)c1.Cc1ccc(C(=O)O)cc1-c1nc(N2CCC(N3CCC(C)CC3)CC2)nc2c1ccc(=O)n2-c1c(F)cccc1F. The number of aromatic nitrogens is 6. The molecule has 4 aliphatic rings. The summed E-state index contributed by atoms with van der Waals surface area (Å²) in [5, 5.41) is 13.5. The second kappa shape index (κ2) is 26.5. The number of hydrogen-bond donors (Lipinski definition) is 2. The minimum Gasteiger partial charge on any atom is -0.478 e. The molecular formula is C68H75F4N11O5. The Hall–Kier alpha value is -8.36. The van der Waals surface area contributed by atoms with Gasteiger partial charge in [-0.2, -0.15) is 9.97 Å². The smallest absolute Gasteiger partial charge is 0.335 e. The van der Waals surface area contributed by atoms with Crippen molar-refractivity contribution >= 4 is 45.8 Å². The number of carboxylic acids is 1. The van der Waals surface area contributed by atoms with Crippen LogP contribution in [0, 0.1) is 49.0 Å². The fraction of sp³-hybridized carbons (Fsp3) is 0.412. The van der Waals surface area contributed by atoms with E-state index in [-0.39, 0.29) is 22.8 Å². The number of nitrogens with one attached hydrogen (secondary N) is 1. The van der Waals surface area contributed by atoms with Crippen LogP contribution < -0.4 is 26.2 Å². The molecule has 4 aromatic carbocycles. The highest BCUT2D eigenvalue weighted by Gasteiger charge is 2.32. The first kappa shape index (κ1) is 61.3. The van der Waals surface area contributed by atoms with E-state index in [9.17, 15) is 24.3 Å². The van der Waals surface area contributed by atoms with Crippen molar-refractivity contribution < 1.29 is 32.3 Å². The first-order valence-electron chi connectivity index (χ1n) is 30.9. The Bertz CT molecular complexity index is 3990. The molecule has 12 rings (SSSR count). The van der Waals surface area contributed by atoms with E-state index < -0.39 is 51.7 Å². The number of para-hydroxylation sites is 2. The predicted molar refractivity (Wildman–Crippen MR) is 335 cm³/mol. The maximum atomic E-state index is 15.2. The quantitative estimate of drug-likeness (QED) is 0.0825. The Morgan fingerprint density at radius 1 is 0.534 bits per heavy atom. The second-order valence-electron chi connectivity index (χ2n) is 24.2. The van der Waals surface area contributed by atoms with Gasteiger partial charge in [0.15, 0.2) is 11.3 Å². The van der Waals surface area contributed by atoms with Gasteiger partial charge in [0.1, 0.15) is 34.6 Å². The number of aryl methyl sites for hydroxylation is 2. The van der Waals surface area contributed by atoms with Crippen LogP contribution >= 0.6 is 0 Å². The van der Waals surface area contributed by atoms with Gasteiger partial charge in [0, 0.05) is 84.4 Å². The molecule has 0 spiro atoms. The number of carboxylic acid groups (broad SMARTS) is 1. The lowest BCUT2D eigenvalue weighted by Gasteiger charge is -2.41. The zero-order valence-corrected chi connectivity index (χ0v) is 50.5. The average Bonchev–Trinajstić information content (AvgIpc) is 0.864. The van der Waals surface area contributed by atoms with Crippen LogP contribution in [0.1, 0.15) is 117 Å². The number of amides is 1. The number of fused-ring (bicyclic) bond motifs is 2. The van der Waals surface area contributed by atoms with Gasteiger partial charge in [0.2, 0.25) is 11.9 Å². The summed E-state index contributed by atoms with van der Waals surface area (Å²) in [6.07, 6.45) is 10.4. The van der Waals surface area contributed by atoms with Gasteiger partial charge in [-0.3, -0.25) is 23.5 Å². The van der Waals surface area contributed by atoms with Crippen molar-refractivity contribution in [3.8, 4) is 33.9 Å². The number of benzene rings is 4. The van der Waals surface area contributed by atoms with Crippen LogP contribution in [0.2, 0.25) is 0 Å². The third-order valence-electron chi connectivity index (χ3n) is 18.3. The van der Waals surface area contributed by atoms with Crippen molar-refractivity contribution in [1.82, 2.24) is 44.2 Å². The molecule has 88 heavy (non-hydrogen) atoms. The highest BCUT2D eigenvalue weighted by atomic mass is 19.1. The number of halogens is 4. The molecule has 460 valence electrons. The lowest BCUT2D eigenvalue weighted by molar-refractivity contribution is 0.0696. The number of piperidine rings is 4. The maximum absolute atomic E-state index is 15.2. The van der Waals surface area contributed by atoms with Gasteiger partial charge in [-0.15, -0.1) is 0 Å². The van der Waals surface area contributed by atoms with Crippen molar-refractivity contribution in [1.29, 1.82) is 0 Å². The molecule has 0 aliphatic carbocycles. The molecule has 8 aromatic rings. The molecular weight excluding hydrogens is 1130 g/mol. The summed E-state index contributed by atoms with van der Waals surface area (Å²) in [5.41, 5.74) is 2.24. The predicted octanol–water partition coefficient (Wildman–Crippen LogP) is 11.7. The van der Waals surface area contributed by atoms with E-state index in [4.69, 9.17) is 19.9 Å². The number of unbranched alkanes of at least 4 members (excludes halogenated alkanes) is 1. The Morgan fingerprint density at radius 2 is 0.932 bits per heavy atom. The van der Waals surface area contributed by atoms with Gasteiger partial charge >= 0.3 is 5.97 Å². The lowest BCUT2D eigenvalue weighted by Crippen LogP contribution is -2.48. The minimum absolute atomic E-state index is 0.0544. The molecule has 4 saturated heterocycles. The van der Waals surface area contributed by atoms with Crippen LogP contribution in [0.5, 0.6) is 0 Å². The molecule has 0 saturated carbocycles. The zero-order valence-electron chi connectivity index (χ0n) is 50.5. The van der Waals surface area contributed by atoms with Crippen LogP contribution in [0.15, 0.2) is 107 Å². The molecule has 20 heteroatoms. The van der Waals surface area contributed by atoms with E-state index in [2.05, 4.69) is 40.8 Å². The number of pyridine rings is 2. The Balaban J connectivity index is 0.000000183. The zero-order chi connectivity index (χ0) is 61.9. The van der Waals surface area contributed by atoms with Crippen molar-refractivity contribution in [3.05, 3.63) is 163 Å². The normalized spacial score (nSPS) is 16.9. The van der Waals surface area contributed by atoms with Crippen molar-refractivity contribution in [2.45, 2.75) is 111 Å². The lowest BCUT2D eigenvalue weighted by atomic mass is 9.95. The van der Waals surface area contributed by atoms with Crippen LogP contribution in [0.3, 0.4) is 0 Å². The third kappa shape index (κ3) is 12.8. The van der Waals surface area contributed by atoms with Gasteiger partial charge in [0.25, 0.3) is 17.0 Å². The number of carbonyl (C=O) groups excluding carboxylic acids is 1. The average molecular weight is 1200 g/mol. The molecule has 2 N–H and O–H groups in total. The molecule has 8 heterocycles. The number of carbonyl (C=O) groups is 2. The summed E-state index contributed by atoms with van der Waals surface area (Å²) in [6.45, 7) is 18.3. The summed E-state index contributed by atoms with van der Waals surface area (Å²) in [7, 11) is 0. The number of hydrogen-bond acceptors (Lipinski definition) is 12. The highest BCUT2D eigenvalue weighted by Crippen LogP contribution is 2.37. The van der Waals surface area contributed by atoms with E-state index in [1.54, 1.807) is 24.3 Å². The van der Waals surface area contributed by atoms with E-state index in [0.29, 0.717) is 95.6 Å². The van der Waals surface area contributed by atoms with Crippen molar-refractivity contribution in [3.63, 3.8) is 0 Å². The van der Waals surface area contributed by atoms with E-state index >= 15 is 17.6 Å². The number of likely N-dealkylation sites (tertiary alicyclic amines) is 2. The molecule has 0 atom stereocenters. The molecule has 0 radical (unpaired) electrons. The summed E-state index contributed by atoms with van der Waals surface area (Å²) in [6, 6.07) is 23.7. The largest absolute Gasteiger partial charge is 0.478 e. The Kier molecular flexibility index (Phi) is 18.5. The standard InChI is InChI=1S/C36H42F2N6O2.C32H33F2N5O3/c1-4-5-17-39-35(46)25-10-9-24(3)28(22-25)32-27-11-12-31(45)44(33-29(37)7-6-8-30(33)38)34(27)41-36(40-32)43-20-15-26(16-21-43)42-18-13-23(2)14-19-42;1-19-10-14-37(15-11-19)22-12-16-38(17-13-22)32-35-28(24-18-21(31(41)42)7-6-20(24)2)23-8-9-27(40)39(30(23)36-32)29-25(33)4-3-5-26(29)34/h6-12,22-23,26H,4-5,13-21H2,1-3H3,(H,39,46);3-9,18-19,22H,10-17H2,1-2H3,(H,41,42). The molecule has 16 nitrogen and oxygen atoms in total. The van der Waals surface area contributed by atoms with Gasteiger partial charge in [-0.1, -0.05) is 51.5 Å². The Labute approximate surface area is 508 Å². The fourth-order valence-corrected chi connectivity index (χ4v) is 12.9. The van der Waals surface area contributed by atoms with Gasteiger partial charge < -0.3 is 30.0 Å². The number of anilines is 2. The molecule has 4 fully saturated rings. The van der Waals surface area contributed by atoms with Crippen LogP contribution in [-0.2, 0) is 0 Å². The number of rotatable bonds is 13. The van der Waals surface area contributed by atoms with E-state index in [1.807, 2.05) is 24.8 Å². The van der Waals surface area contributed by atoms with Gasteiger partial charge in [0.05, 0.1) is 17.0 Å². The van der Waals surface area contributed by atoms with E-state index in [0.717, 1.165) is 121 Å². The molecule has 4 aromatic heterocycles. The summed E-state index contributed by atoms with van der Waals surface area (Å²) in [4.78, 5) is 80.3. The monoisotopic (exact) mass is 1200 g/mol. The van der Waals surface area contributed by atoms with Crippen LogP contribution in [0.4, 0.5) is 29.5 Å². The topological polar surface area (TPSA) is 175 Å². The van der Waals surface area contributed by atoms with Crippen LogP contribution in [0.25, 0.3) is 56.0 Å². The fourth-order valence-electron chi connectivity index (χ4n) is 12.9. The van der Waals surface area contributed by atoms with Crippen molar-refractivity contribution in [2.24, 2.45) is 11.8 Å². The Morgan fingerprint density at radius 3 is 1.33 bits per heavy atom. The first-order valence-corrected chi connectivity index (χ1v) is 30.9. The summed E-state index contributed by atoms with van der Waals surface area (Å²) >= 11 is 0. The maximum Gasteiger partial charge on any atom is 0.335 e. The number of aromatic carboxylic acids is 1. The molecule has 4 aliphatic heterocycles.